The van der Waals surface area contributed by atoms with Crippen LogP contribution in [0.3, 0.4) is 0 Å². The summed E-state index contributed by atoms with van der Waals surface area (Å²) in [6.07, 6.45) is -0.733. The molecule has 0 saturated heterocycles. The zero-order valence-electron chi connectivity index (χ0n) is 8.01. The fraction of sp³-hybridized carbons (Fsp3) is 0.250. The molecule has 6 heteroatoms. The maximum Gasteiger partial charge on any atom is 1.00 e. The first-order chi connectivity index (χ1) is 5.99. The van der Waals surface area contributed by atoms with Crippen LogP contribution >= 0.6 is 0 Å². The second-order valence-electron chi connectivity index (χ2n) is 2.56. The summed E-state index contributed by atoms with van der Waals surface area (Å²) in [5.74, 6) is 0. The number of hydrogen-bond donors (Lipinski definition) is 0. The third-order valence-electron chi connectivity index (χ3n) is 1.53. The van der Waals surface area contributed by atoms with Crippen LogP contribution < -0.4 is 29.6 Å². The molecule has 0 spiro atoms. The molecule has 0 radical (unpaired) electrons. The Morgan fingerprint density at radius 3 is 2.21 bits per heavy atom. The maximum absolute atomic E-state index is 10.2. The van der Waals surface area contributed by atoms with Gasteiger partial charge in [-0.2, -0.15) is 0 Å². The van der Waals surface area contributed by atoms with Crippen molar-refractivity contribution < 1.29 is 46.7 Å². The molecule has 1 aromatic carbocycles. The van der Waals surface area contributed by atoms with Gasteiger partial charge in [-0.15, -0.1) is 0 Å². The van der Waals surface area contributed by atoms with E-state index in [-0.39, 0.29) is 29.6 Å². The number of benzene rings is 1. The molecule has 0 fully saturated rings. The molecule has 1 atom stereocenters. The van der Waals surface area contributed by atoms with Gasteiger partial charge in [-0.3, -0.25) is 4.18 Å². The van der Waals surface area contributed by atoms with Crippen LogP contribution in [0.25, 0.3) is 0 Å². The second kappa shape index (κ2) is 5.85. The Hall–Kier alpha value is 0.0900. The van der Waals surface area contributed by atoms with Crippen molar-refractivity contribution in [3.8, 4) is 0 Å². The summed E-state index contributed by atoms with van der Waals surface area (Å²) in [6.45, 7) is 1.50. The minimum atomic E-state index is -4.62. The van der Waals surface area contributed by atoms with Gasteiger partial charge in [0.25, 0.3) is 0 Å². The topological polar surface area (TPSA) is 66.4 Å². The van der Waals surface area contributed by atoms with Crippen molar-refractivity contribution >= 4 is 10.4 Å². The molecular weight excluding hydrogens is 215 g/mol. The number of rotatable bonds is 3. The summed E-state index contributed by atoms with van der Waals surface area (Å²) in [6, 6.07) is 8.66. The minimum Gasteiger partial charge on any atom is -0.726 e. The van der Waals surface area contributed by atoms with Crippen LogP contribution in [0.15, 0.2) is 30.3 Å². The summed E-state index contributed by atoms with van der Waals surface area (Å²) >= 11 is 0. The van der Waals surface area contributed by atoms with Crippen molar-refractivity contribution in [1.29, 1.82) is 0 Å². The Kier molecular flexibility index (Phi) is 5.88. The Labute approximate surface area is 106 Å². The third kappa shape index (κ3) is 5.09. The summed E-state index contributed by atoms with van der Waals surface area (Å²) in [4.78, 5) is 0. The SMILES string of the molecule is C[C@H](OS(=O)(=O)[O-])c1ccccc1.[Na+]. The van der Waals surface area contributed by atoms with Crippen molar-refractivity contribution in [2.75, 3.05) is 0 Å². The summed E-state index contributed by atoms with van der Waals surface area (Å²) in [5.41, 5.74) is 0.655. The van der Waals surface area contributed by atoms with Crippen LogP contribution in [0.4, 0.5) is 0 Å². The van der Waals surface area contributed by atoms with Gasteiger partial charge in [0, 0.05) is 0 Å². The van der Waals surface area contributed by atoms with E-state index in [1.807, 2.05) is 0 Å². The Morgan fingerprint density at radius 2 is 1.79 bits per heavy atom. The zero-order chi connectivity index (χ0) is 9.90. The quantitative estimate of drug-likeness (QED) is 0.346. The van der Waals surface area contributed by atoms with Crippen molar-refractivity contribution in [2.45, 2.75) is 13.0 Å². The first-order valence-electron chi connectivity index (χ1n) is 3.68. The van der Waals surface area contributed by atoms with E-state index in [4.69, 9.17) is 0 Å². The van der Waals surface area contributed by atoms with Gasteiger partial charge in [-0.05, 0) is 12.5 Å². The first kappa shape index (κ1) is 14.1. The summed E-state index contributed by atoms with van der Waals surface area (Å²) in [5, 5.41) is 0. The Morgan fingerprint density at radius 1 is 1.29 bits per heavy atom. The molecule has 14 heavy (non-hydrogen) atoms. The van der Waals surface area contributed by atoms with Crippen LogP contribution in [-0.4, -0.2) is 13.0 Å². The van der Waals surface area contributed by atoms with E-state index in [1.165, 1.54) is 6.92 Å². The molecule has 0 amide bonds. The average molecular weight is 224 g/mol. The van der Waals surface area contributed by atoms with E-state index in [0.29, 0.717) is 5.56 Å². The molecule has 4 nitrogen and oxygen atoms in total. The summed E-state index contributed by atoms with van der Waals surface area (Å²) in [7, 11) is -4.62. The van der Waals surface area contributed by atoms with Crippen LogP contribution in [0.2, 0.25) is 0 Å². The van der Waals surface area contributed by atoms with Gasteiger partial charge < -0.3 is 4.55 Å². The van der Waals surface area contributed by atoms with Gasteiger partial charge >= 0.3 is 29.6 Å². The van der Waals surface area contributed by atoms with Crippen molar-refractivity contribution in [1.82, 2.24) is 0 Å². The normalized spacial score (nSPS) is 13.0. The van der Waals surface area contributed by atoms with E-state index < -0.39 is 16.5 Å². The molecule has 72 valence electrons. The molecule has 0 heterocycles. The predicted molar refractivity (Wildman–Crippen MR) is 45.6 cm³/mol. The molecule has 0 aromatic heterocycles. The Bertz CT molecular complexity index is 362. The van der Waals surface area contributed by atoms with Gasteiger partial charge in [0.1, 0.15) is 0 Å². The van der Waals surface area contributed by atoms with Gasteiger partial charge in [0.05, 0.1) is 6.10 Å². The molecule has 0 unspecified atom stereocenters. The largest absolute Gasteiger partial charge is 1.00 e. The van der Waals surface area contributed by atoms with Crippen molar-refractivity contribution in [3.05, 3.63) is 35.9 Å². The minimum absolute atomic E-state index is 0. The van der Waals surface area contributed by atoms with E-state index in [2.05, 4.69) is 4.18 Å². The first-order valence-corrected chi connectivity index (χ1v) is 5.01. The molecule has 1 aromatic rings. The van der Waals surface area contributed by atoms with E-state index >= 15 is 0 Å². The van der Waals surface area contributed by atoms with Crippen LogP contribution in [0.1, 0.15) is 18.6 Å². The van der Waals surface area contributed by atoms with Crippen molar-refractivity contribution in [2.24, 2.45) is 0 Å². The summed E-state index contributed by atoms with van der Waals surface area (Å²) < 4.78 is 35.0. The van der Waals surface area contributed by atoms with Gasteiger partial charge in [0.2, 0.25) is 10.4 Å². The van der Waals surface area contributed by atoms with E-state index in [1.54, 1.807) is 30.3 Å². The molecule has 0 N–H and O–H groups in total. The van der Waals surface area contributed by atoms with Crippen LogP contribution in [-0.2, 0) is 14.6 Å². The Balaban J connectivity index is 0.00000169. The molecule has 0 aliphatic heterocycles. The van der Waals surface area contributed by atoms with Gasteiger partial charge in [0.15, 0.2) is 0 Å². The maximum atomic E-state index is 10.2. The van der Waals surface area contributed by atoms with Gasteiger partial charge in [-0.25, -0.2) is 8.42 Å². The molecule has 1 rings (SSSR count). The molecule has 0 aliphatic carbocycles. The fourth-order valence-electron chi connectivity index (χ4n) is 0.956. The fourth-order valence-corrected chi connectivity index (χ4v) is 1.42. The standard InChI is InChI=1S/C8H10O4S.Na/c1-7(12-13(9,10)11)8-5-3-2-4-6-8;/h2-7H,1H3,(H,9,10,11);/q;+1/p-1/t7-;/m0./s1. The van der Waals surface area contributed by atoms with Crippen LogP contribution in [0, 0.1) is 0 Å². The van der Waals surface area contributed by atoms with E-state index in [9.17, 15) is 13.0 Å². The van der Waals surface area contributed by atoms with Gasteiger partial charge in [-0.1, -0.05) is 30.3 Å². The molecular formula is C8H9NaO4S. The van der Waals surface area contributed by atoms with Crippen molar-refractivity contribution in [3.63, 3.8) is 0 Å². The van der Waals surface area contributed by atoms with E-state index in [0.717, 1.165) is 0 Å². The second-order valence-corrected chi connectivity index (χ2v) is 3.57. The number of hydrogen-bond acceptors (Lipinski definition) is 4. The predicted octanol–water partition coefficient (Wildman–Crippen LogP) is -1.77. The molecule has 0 aliphatic rings. The average Bonchev–Trinajstić information content (AvgIpc) is 2.03. The third-order valence-corrected chi connectivity index (χ3v) is 2.06. The molecule has 0 saturated carbocycles. The monoisotopic (exact) mass is 224 g/mol. The van der Waals surface area contributed by atoms with Crippen LogP contribution in [0.5, 0.6) is 0 Å². The smallest absolute Gasteiger partial charge is 0.726 e. The zero-order valence-corrected chi connectivity index (χ0v) is 10.8. The molecule has 0 bridgehead atoms.